The number of aliphatic imine (C=N–C) groups is 1. The maximum absolute atomic E-state index is 13.4. The van der Waals surface area contributed by atoms with E-state index in [1.807, 2.05) is 16.8 Å². The van der Waals surface area contributed by atoms with Crippen molar-refractivity contribution in [2.24, 2.45) is 4.99 Å². The zero-order valence-electron chi connectivity index (χ0n) is 14.8. The Morgan fingerprint density at radius 1 is 1.50 bits per heavy atom. The number of benzene rings is 1. The molecular formula is C15H19BrFN7O3S. The number of anilines is 1. The molecular weight excluding hydrogens is 457 g/mol. The van der Waals surface area contributed by atoms with Crippen molar-refractivity contribution >= 4 is 45.4 Å². The predicted octanol–water partition coefficient (Wildman–Crippen LogP) is 1.66. The van der Waals surface area contributed by atoms with Crippen LogP contribution in [0.1, 0.15) is 12.1 Å². The SMILES string of the molecule is CNSN1CC[C@@](O)(CNc2nonc2C(=Nc2ccc(F)c(Br)c2)NO)C1. The number of nitrogens with zero attached hydrogens (tertiary/aromatic N) is 4. The molecule has 0 saturated carbocycles. The van der Waals surface area contributed by atoms with Crippen LogP contribution in [0.5, 0.6) is 0 Å². The predicted molar refractivity (Wildman–Crippen MR) is 106 cm³/mol. The van der Waals surface area contributed by atoms with Crippen molar-refractivity contribution in [3.8, 4) is 0 Å². The van der Waals surface area contributed by atoms with Gasteiger partial charge in [-0.05, 0) is 57.9 Å². The summed E-state index contributed by atoms with van der Waals surface area (Å²) in [4.78, 5) is 4.19. The van der Waals surface area contributed by atoms with Crippen LogP contribution in [0.2, 0.25) is 0 Å². The number of rotatable bonds is 7. The van der Waals surface area contributed by atoms with E-state index in [2.05, 4.69) is 41.3 Å². The summed E-state index contributed by atoms with van der Waals surface area (Å²) in [6, 6.07) is 4.12. The summed E-state index contributed by atoms with van der Waals surface area (Å²) in [5.41, 5.74) is 1.48. The van der Waals surface area contributed by atoms with E-state index in [1.54, 1.807) is 0 Å². The molecule has 0 spiro atoms. The molecule has 0 radical (unpaired) electrons. The van der Waals surface area contributed by atoms with Gasteiger partial charge in [-0.15, -0.1) is 0 Å². The van der Waals surface area contributed by atoms with Crippen molar-refractivity contribution in [2.75, 3.05) is 32.0 Å². The van der Waals surface area contributed by atoms with Gasteiger partial charge in [0.05, 0.1) is 15.8 Å². The molecule has 0 unspecified atom stereocenters. The molecule has 28 heavy (non-hydrogen) atoms. The number of amidine groups is 1. The van der Waals surface area contributed by atoms with E-state index in [1.165, 1.54) is 30.3 Å². The van der Waals surface area contributed by atoms with E-state index < -0.39 is 11.4 Å². The fraction of sp³-hybridized carbons (Fsp3) is 0.400. The van der Waals surface area contributed by atoms with Gasteiger partial charge in [0.15, 0.2) is 11.5 Å². The second-order valence-electron chi connectivity index (χ2n) is 6.12. The molecule has 1 aliphatic heterocycles. The standard InChI is InChI=1S/C15H19BrFN7O3S/c1-18-28-24-5-4-15(25,8-24)7-19-13-12(22-27-23-13)14(21-26)20-9-2-3-11(17)10(16)6-9/h2-3,6,18,25-26H,4-5,7-8H2,1H3,(H,19,23)(H,20,21)/t15-/m1/s1. The van der Waals surface area contributed by atoms with Crippen LogP contribution in [0.3, 0.4) is 0 Å². The van der Waals surface area contributed by atoms with Crippen LogP contribution >= 0.6 is 28.1 Å². The van der Waals surface area contributed by atoms with Gasteiger partial charge >= 0.3 is 0 Å². The van der Waals surface area contributed by atoms with Crippen LogP contribution in [0.25, 0.3) is 0 Å². The number of hydrogen-bond acceptors (Lipinski definition) is 10. The topological polar surface area (TPSA) is 131 Å². The van der Waals surface area contributed by atoms with E-state index in [-0.39, 0.29) is 28.4 Å². The molecule has 1 atom stereocenters. The number of nitrogens with one attached hydrogen (secondary N) is 3. The average molecular weight is 476 g/mol. The van der Waals surface area contributed by atoms with Gasteiger partial charge in [-0.2, -0.15) is 0 Å². The van der Waals surface area contributed by atoms with E-state index in [0.717, 1.165) is 6.54 Å². The first-order valence-electron chi connectivity index (χ1n) is 8.26. The Morgan fingerprint density at radius 3 is 3.04 bits per heavy atom. The number of β-amino-alcohol motifs (C(OH)–C–C–N with tert-alkyl or cyclic N) is 1. The van der Waals surface area contributed by atoms with Gasteiger partial charge in [0.2, 0.25) is 5.82 Å². The molecule has 10 nitrogen and oxygen atoms in total. The lowest BCUT2D eigenvalue weighted by Crippen LogP contribution is -2.39. The Kier molecular flexibility index (Phi) is 6.85. The van der Waals surface area contributed by atoms with Gasteiger partial charge < -0.3 is 10.4 Å². The summed E-state index contributed by atoms with van der Waals surface area (Å²) >= 11 is 4.52. The van der Waals surface area contributed by atoms with Crippen LogP contribution in [0, 0.1) is 5.82 Å². The molecule has 13 heteroatoms. The molecule has 0 aliphatic carbocycles. The molecule has 1 fully saturated rings. The number of hydrogen-bond donors (Lipinski definition) is 5. The zero-order valence-corrected chi connectivity index (χ0v) is 17.2. The van der Waals surface area contributed by atoms with Crippen molar-refractivity contribution in [2.45, 2.75) is 12.0 Å². The van der Waals surface area contributed by atoms with Crippen molar-refractivity contribution in [3.05, 3.63) is 34.2 Å². The van der Waals surface area contributed by atoms with Gasteiger partial charge in [-0.25, -0.2) is 18.3 Å². The summed E-state index contributed by atoms with van der Waals surface area (Å²) in [6.45, 7) is 1.41. The first-order valence-corrected chi connectivity index (χ1v) is 9.82. The maximum Gasteiger partial charge on any atom is 0.202 e. The number of halogens is 2. The van der Waals surface area contributed by atoms with Crippen molar-refractivity contribution in [1.29, 1.82) is 0 Å². The van der Waals surface area contributed by atoms with E-state index >= 15 is 0 Å². The normalized spacial score (nSPS) is 20.5. The van der Waals surface area contributed by atoms with Crippen LogP contribution in [-0.2, 0) is 0 Å². The van der Waals surface area contributed by atoms with Crippen molar-refractivity contribution in [1.82, 2.24) is 24.8 Å². The van der Waals surface area contributed by atoms with E-state index in [9.17, 15) is 14.7 Å². The monoisotopic (exact) mass is 475 g/mol. The molecule has 152 valence electrons. The largest absolute Gasteiger partial charge is 0.387 e. The third kappa shape index (κ3) is 4.98. The van der Waals surface area contributed by atoms with Gasteiger partial charge in [0, 0.05) is 31.8 Å². The molecule has 1 aromatic carbocycles. The Balaban J connectivity index is 1.73. The summed E-state index contributed by atoms with van der Waals surface area (Å²) in [5.74, 6) is -0.277. The lowest BCUT2D eigenvalue weighted by atomic mass is 10.0. The number of hydroxylamine groups is 1. The molecule has 1 saturated heterocycles. The molecule has 2 heterocycles. The molecule has 1 aromatic heterocycles. The maximum atomic E-state index is 13.4. The molecule has 3 rings (SSSR count). The summed E-state index contributed by atoms with van der Waals surface area (Å²) in [5, 5.41) is 30.7. The highest BCUT2D eigenvalue weighted by atomic mass is 79.9. The minimum absolute atomic E-state index is 0.0481. The average Bonchev–Trinajstić information content (AvgIpc) is 3.28. The fourth-order valence-corrected chi connectivity index (χ4v) is 3.81. The zero-order chi connectivity index (χ0) is 20.1. The molecule has 0 bridgehead atoms. The second-order valence-corrected chi connectivity index (χ2v) is 8.08. The Morgan fingerprint density at radius 2 is 2.32 bits per heavy atom. The highest BCUT2D eigenvalue weighted by molar-refractivity contribution is 9.10. The van der Waals surface area contributed by atoms with Crippen molar-refractivity contribution in [3.63, 3.8) is 0 Å². The quantitative estimate of drug-likeness (QED) is 0.174. The Bertz CT molecular complexity index is 855. The lowest BCUT2D eigenvalue weighted by Gasteiger charge is -2.23. The van der Waals surface area contributed by atoms with Crippen LogP contribution < -0.4 is 15.5 Å². The van der Waals surface area contributed by atoms with Gasteiger partial charge in [-0.1, -0.05) is 0 Å². The van der Waals surface area contributed by atoms with E-state index in [0.29, 0.717) is 18.7 Å². The molecule has 0 amide bonds. The molecule has 5 N–H and O–H groups in total. The molecule has 1 aliphatic rings. The van der Waals surface area contributed by atoms with Gasteiger partial charge in [0.1, 0.15) is 5.82 Å². The third-order valence-electron chi connectivity index (χ3n) is 4.07. The van der Waals surface area contributed by atoms with E-state index in [4.69, 9.17) is 4.63 Å². The number of aliphatic hydroxyl groups is 1. The summed E-state index contributed by atoms with van der Waals surface area (Å²) in [6.07, 6.45) is 0.581. The van der Waals surface area contributed by atoms with Gasteiger partial charge in [-0.3, -0.25) is 15.4 Å². The highest BCUT2D eigenvalue weighted by Crippen LogP contribution is 2.26. The van der Waals surface area contributed by atoms with Gasteiger partial charge in [0.25, 0.3) is 0 Å². The first kappa shape index (κ1) is 21.0. The van der Waals surface area contributed by atoms with Crippen LogP contribution in [0.15, 0.2) is 32.3 Å². The lowest BCUT2D eigenvalue weighted by molar-refractivity contribution is 0.0701. The molecule has 2 aromatic rings. The minimum Gasteiger partial charge on any atom is -0.387 e. The first-order chi connectivity index (χ1) is 13.4. The summed E-state index contributed by atoms with van der Waals surface area (Å²) in [7, 11) is 1.82. The highest BCUT2D eigenvalue weighted by Gasteiger charge is 2.36. The Labute approximate surface area is 172 Å². The second kappa shape index (κ2) is 9.15. The fourth-order valence-electron chi connectivity index (χ4n) is 2.69. The number of aromatic nitrogens is 2. The smallest absolute Gasteiger partial charge is 0.202 e. The summed E-state index contributed by atoms with van der Waals surface area (Å²) < 4.78 is 23.3. The van der Waals surface area contributed by atoms with Crippen LogP contribution in [-0.4, -0.2) is 63.1 Å². The Hall–Kier alpha value is -1.77. The minimum atomic E-state index is -0.953. The third-order valence-corrected chi connectivity index (χ3v) is 5.43. The van der Waals surface area contributed by atoms with Crippen LogP contribution in [0.4, 0.5) is 15.9 Å². The van der Waals surface area contributed by atoms with Crippen molar-refractivity contribution < 1.29 is 19.3 Å².